The zero-order chi connectivity index (χ0) is 16.3. The molecule has 1 atom stereocenters. The van der Waals surface area contributed by atoms with Gasteiger partial charge in [-0.05, 0) is 50.5 Å². The van der Waals surface area contributed by atoms with Crippen LogP contribution in [0.15, 0.2) is 23.8 Å². The number of likely N-dealkylation sites (tertiary alicyclic amines) is 1. The number of nitrogens with zero attached hydrogens (tertiary/aromatic N) is 1. The summed E-state index contributed by atoms with van der Waals surface area (Å²) in [5, 5.41) is 0. The number of hydrogen-bond donors (Lipinski definition) is 0. The average Bonchev–Trinajstić information content (AvgIpc) is 3.24. The van der Waals surface area contributed by atoms with Crippen LogP contribution in [0.4, 0.5) is 4.79 Å². The summed E-state index contributed by atoms with van der Waals surface area (Å²) in [5.41, 5.74) is 0.823. The topological polar surface area (TPSA) is 55.8 Å². The molecule has 1 heterocycles. The Morgan fingerprint density at radius 1 is 1.35 bits per heavy atom. The third kappa shape index (κ3) is 3.43. The third-order valence-electron chi connectivity index (χ3n) is 5.18. The Morgan fingerprint density at radius 2 is 2.17 bits per heavy atom. The minimum Gasteiger partial charge on any atom is -0.466 e. The lowest BCUT2D eigenvalue weighted by Gasteiger charge is -2.22. The van der Waals surface area contributed by atoms with Crippen LogP contribution in [-0.2, 0) is 14.3 Å². The Bertz CT molecular complexity index is 533. The first kappa shape index (κ1) is 16.1. The number of rotatable bonds is 5. The number of hydrogen-bond acceptors (Lipinski definition) is 4. The fourth-order valence-electron chi connectivity index (χ4n) is 3.58. The van der Waals surface area contributed by atoms with E-state index in [1.165, 1.54) is 0 Å². The van der Waals surface area contributed by atoms with E-state index in [9.17, 15) is 9.59 Å². The molecule has 0 spiro atoms. The fourth-order valence-corrected chi connectivity index (χ4v) is 3.58. The first-order valence-corrected chi connectivity index (χ1v) is 8.59. The van der Waals surface area contributed by atoms with E-state index in [2.05, 4.69) is 6.08 Å². The van der Waals surface area contributed by atoms with E-state index in [4.69, 9.17) is 9.47 Å². The van der Waals surface area contributed by atoms with Gasteiger partial charge >= 0.3 is 12.1 Å². The van der Waals surface area contributed by atoms with Crippen molar-refractivity contribution >= 4 is 12.1 Å². The predicted molar refractivity (Wildman–Crippen MR) is 85.8 cm³/mol. The van der Waals surface area contributed by atoms with E-state index in [-0.39, 0.29) is 23.4 Å². The highest BCUT2D eigenvalue weighted by Gasteiger charge is 2.58. The van der Waals surface area contributed by atoms with Gasteiger partial charge in [0, 0.05) is 13.1 Å². The zero-order valence-corrected chi connectivity index (χ0v) is 13.8. The minimum atomic E-state index is -0.332. The van der Waals surface area contributed by atoms with E-state index in [1.807, 2.05) is 19.1 Å². The van der Waals surface area contributed by atoms with Crippen LogP contribution in [0.1, 0.15) is 39.0 Å². The number of esters is 1. The molecule has 2 aliphatic carbocycles. The molecule has 0 aromatic rings. The van der Waals surface area contributed by atoms with Crippen LogP contribution in [0.2, 0.25) is 0 Å². The van der Waals surface area contributed by atoms with Crippen LogP contribution < -0.4 is 0 Å². The highest BCUT2D eigenvalue weighted by atomic mass is 16.6. The van der Waals surface area contributed by atoms with Crippen LogP contribution >= 0.6 is 0 Å². The van der Waals surface area contributed by atoms with Gasteiger partial charge in [0.2, 0.25) is 0 Å². The molecule has 0 radical (unpaired) electrons. The summed E-state index contributed by atoms with van der Waals surface area (Å²) in [6.07, 6.45) is 10.5. The van der Waals surface area contributed by atoms with Gasteiger partial charge in [0.15, 0.2) is 0 Å². The number of ether oxygens (including phenoxy) is 2. The summed E-state index contributed by atoms with van der Waals surface area (Å²) in [6, 6.07) is 0. The first-order valence-electron chi connectivity index (χ1n) is 8.59. The highest BCUT2D eigenvalue weighted by molar-refractivity contribution is 5.80. The molecule has 0 N–H and O–H groups in total. The van der Waals surface area contributed by atoms with Gasteiger partial charge in [-0.2, -0.15) is 0 Å². The number of carbonyl (C=O) groups excluding carboxylic acids is 2. The lowest BCUT2D eigenvalue weighted by Crippen LogP contribution is -2.33. The molecule has 0 bridgehead atoms. The van der Waals surface area contributed by atoms with Crippen LogP contribution in [0, 0.1) is 11.3 Å². The molecule has 23 heavy (non-hydrogen) atoms. The Kier molecular flexibility index (Phi) is 4.74. The second-order valence-electron chi connectivity index (χ2n) is 6.65. The fraction of sp³-hybridized carbons (Fsp3) is 0.667. The molecule has 1 amide bonds. The van der Waals surface area contributed by atoms with E-state index >= 15 is 0 Å². The van der Waals surface area contributed by atoms with Crippen LogP contribution in [0.25, 0.3) is 0 Å². The van der Waals surface area contributed by atoms with Crippen molar-refractivity contribution in [1.82, 2.24) is 4.90 Å². The molecule has 0 unspecified atom stereocenters. The summed E-state index contributed by atoms with van der Waals surface area (Å²) in [7, 11) is 0. The van der Waals surface area contributed by atoms with E-state index < -0.39 is 0 Å². The summed E-state index contributed by atoms with van der Waals surface area (Å²) in [6.45, 7) is 3.90. The number of amides is 1. The van der Waals surface area contributed by atoms with E-state index in [0.29, 0.717) is 26.3 Å². The van der Waals surface area contributed by atoms with Crippen molar-refractivity contribution in [1.29, 1.82) is 0 Å². The Morgan fingerprint density at radius 3 is 2.83 bits per heavy atom. The maximum atomic E-state index is 12.2. The first-order chi connectivity index (χ1) is 11.2. The Hall–Kier alpha value is -1.78. The quantitative estimate of drug-likeness (QED) is 0.731. The lowest BCUT2D eigenvalue weighted by molar-refractivity contribution is -0.151. The largest absolute Gasteiger partial charge is 0.466 e. The molecule has 5 heteroatoms. The van der Waals surface area contributed by atoms with Crippen LogP contribution in [-0.4, -0.2) is 43.3 Å². The Balaban J connectivity index is 1.49. The van der Waals surface area contributed by atoms with Crippen molar-refractivity contribution in [3.8, 4) is 0 Å². The molecular weight excluding hydrogens is 294 g/mol. The number of carbonyl (C=O) groups is 2. The Labute approximate surface area is 137 Å². The van der Waals surface area contributed by atoms with E-state index in [1.54, 1.807) is 4.90 Å². The average molecular weight is 319 g/mol. The molecule has 2 fully saturated rings. The molecule has 126 valence electrons. The van der Waals surface area contributed by atoms with Crippen molar-refractivity contribution < 1.29 is 19.1 Å². The molecule has 1 saturated carbocycles. The third-order valence-corrected chi connectivity index (χ3v) is 5.18. The minimum absolute atomic E-state index is 0.0839. The second kappa shape index (κ2) is 6.77. The maximum Gasteiger partial charge on any atom is 0.410 e. The molecule has 0 aromatic carbocycles. The summed E-state index contributed by atoms with van der Waals surface area (Å²) < 4.78 is 10.6. The molecule has 5 nitrogen and oxygen atoms in total. The number of allylic oxidation sites excluding steroid dienone is 3. The smallest absolute Gasteiger partial charge is 0.410 e. The summed E-state index contributed by atoms with van der Waals surface area (Å²) in [5.74, 6) is 0.130. The van der Waals surface area contributed by atoms with Gasteiger partial charge < -0.3 is 14.4 Å². The second-order valence-corrected chi connectivity index (χ2v) is 6.65. The van der Waals surface area contributed by atoms with Crippen molar-refractivity contribution in [2.24, 2.45) is 11.3 Å². The van der Waals surface area contributed by atoms with Gasteiger partial charge in [0.25, 0.3) is 0 Å². The van der Waals surface area contributed by atoms with Gasteiger partial charge in [0.1, 0.15) is 6.61 Å². The van der Waals surface area contributed by atoms with Gasteiger partial charge in [0.05, 0.1) is 12.0 Å². The molecule has 3 rings (SSSR count). The van der Waals surface area contributed by atoms with Gasteiger partial charge in [-0.1, -0.05) is 18.2 Å². The van der Waals surface area contributed by atoms with Crippen LogP contribution in [0.3, 0.4) is 0 Å². The molecular formula is C18H25NO4. The van der Waals surface area contributed by atoms with Crippen molar-refractivity contribution in [3.05, 3.63) is 23.8 Å². The molecule has 0 aromatic heterocycles. The summed E-state index contributed by atoms with van der Waals surface area (Å²) >= 11 is 0. The SMILES string of the molecule is CCOC(=O)C1([C@@H]2CCN(C(=O)OCC3=CC=CCC3)C2)CC1. The van der Waals surface area contributed by atoms with Crippen molar-refractivity contribution in [2.75, 3.05) is 26.3 Å². The lowest BCUT2D eigenvalue weighted by atomic mass is 9.88. The summed E-state index contributed by atoms with van der Waals surface area (Å²) in [4.78, 5) is 26.1. The molecule has 3 aliphatic rings. The van der Waals surface area contributed by atoms with Gasteiger partial charge in [-0.15, -0.1) is 0 Å². The standard InChI is InChI=1S/C18H25NO4/c1-2-22-16(20)18(9-10-18)15-8-11-19(12-15)17(21)23-13-14-6-4-3-5-7-14/h3-4,6,15H,2,5,7-13H2,1H3/t15-/m1/s1. The highest BCUT2D eigenvalue weighted by Crippen LogP contribution is 2.55. The van der Waals surface area contributed by atoms with Gasteiger partial charge in [-0.25, -0.2) is 4.79 Å². The monoisotopic (exact) mass is 319 g/mol. The molecule has 1 saturated heterocycles. The van der Waals surface area contributed by atoms with Crippen molar-refractivity contribution in [2.45, 2.75) is 39.0 Å². The predicted octanol–water partition coefficient (Wildman–Crippen LogP) is 3.06. The zero-order valence-electron chi connectivity index (χ0n) is 13.8. The molecule has 1 aliphatic heterocycles. The van der Waals surface area contributed by atoms with Gasteiger partial charge in [-0.3, -0.25) is 4.79 Å². The van der Waals surface area contributed by atoms with E-state index in [0.717, 1.165) is 37.7 Å². The van der Waals surface area contributed by atoms with Crippen LogP contribution in [0.5, 0.6) is 0 Å². The normalized spacial score (nSPS) is 25.0. The maximum absolute atomic E-state index is 12.2. The van der Waals surface area contributed by atoms with Crippen molar-refractivity contribution in [3.63, 3.8) is 0 Å².